The maximum absolute atomic E-state index is 13.3. The minimum Gasteiger partial charge on any atom is -0.381 e. The summed E-state index contributed by atoms with van der Waals surface area (Å²) in [7, 11) is 0. The van der Waals surface area contributed by atoms with Gasteiger partial charge in [0.2, 0.25) is 0 Å². The molecule has 7 heteroatoms. The van der Waals surface area contributed by atoms with Crippen molar-refractivity contribution in [2.24, 2.45) is 0 Å². The van der Waals surface area contributed by atoms with Gasteiger partial charge >= 0.3 is 0 Å². The van der Waals surface area contributed by atoms with Crippen molar-refractivity contribution in [3.8, 4) is 11.1 Å². The first-order valence-electron chi connectivity index (χ1n) is 12.1. The SMILES string of the molecule is C=O.C=O.CC.CCCCC=O.CCCN1CCC(Nc2ccc(-c3cc(F)cc(F)c3)cc2)C1. The summed E-state index contributed by atoms with van der Waals surface area (Å²) < 4.78 is 26.6. The van der Waals surface area contributed by atoms with Crippen molar-refractivity contribution < 1.29 is 23.2 Å². The van der Waals surface area contributed by atoms with Gasteiger partial charge in [-0.2, -0.15) is 0 Å². The van der Waals surface area contributed by atoms with Crippen molar-refractivity contribution in [3.63, 3.8) is 0 Å². The lowest BCUT2D eigenvalue weighted by molar-refractivity contribution is -0.108. The molecule has 1 atom stereocenters. The number of halogens is 2. The van der Waals surface area contributed by atoms with Gasteiger partial charge in [0.15, 0.2) is 0 Å². The van der Waals surface area contributed by atoms with E-state index in [-0.39, 0.29) is 0 Å². The van der Waals surface area contributed by atoms with E-state index in [0.29, 0.717) is 11.6 Å². The van der Waals surface area contributed by atoms with Gasteiger partial charge in [-0.25, -0.2) is 8.78 Å². The van der Waals surface area contributed by atoms with Crippen LogP contribution in [-0.2, 0) is 14.4 Å². The second-order valence-corrected chi connectivity index (χ2v) is 7.47. The first-order chi connectivity index (χ1) is 17.0. The molecule has 2 aromatic rings. The summed E-state index contributed by atoms with van der Waals surface area (Å²) in [6, 6.07) is 11.8. The number of rotatable bonds is 8. The van der Waals surface area contributed by atoms with Gasteiger partial charge in [-0.05, 0) is 61.2 Å². The molecule has 35 heavy (non-hydrogen) atoms. The van der Waals surface area contributed by atoms with Crippen molar-refractivity contribution >= 4 is 25.6 Å². The van der Waals surface area contributed by atoms with Gasteiger partial charge in [0.25, 0.3) is 0 Å². The molecular weight excluding hydrogens is 450 g/mol. The third-order valence-corrected chi connectivity index (χ3v) is 4.94. The van der Waals surface area contributed by atoms with Crippen LogP contribution >= 0.6 is 0 Å². The van der Waals surface area contributed by atoms with Crippen LogP contribution in [0.25, 0.3) is 11.1 Å². The average Bonchev–Trinajstić information content (AvgIpc) is 3.33. The average molecular weight is 493 g/mol. The zero-order valence-electron chi connectivity index (χ0n) is 21.7. The van der Waals surface area contributed by atoms with Gasteiger partial charge in [0.1, 0.15) is 31.5 Å². The van der Waals surface area contributed by atoms with E-state index in [2.05, 4.69) is 24.1 Å². The molecule has 3 rings (SSSR count). The molecule has 1 fully saturated rings. The van der Waals surface area contributed by atoms with Crippen LogP contribution in [0, 0.1) is 11.6 Å². The number of nitrogens with zero attached hydrogens (tertiary/aromatic N) is 1. The van der Waals surface area contributed by atoms with E-state index in [9.17, 15) is 13.6 Å². The van der Waals surface area contributed by atoms with Gasteiger partial charge in [-0.1, -0.05) is 46.2 Å². The minimum atomic E-state index is -0.552. The van der Waals surface area contributed by atoms with Crippen LogP contribution in [0.1, 0.15) is 59.8 Å². The van der Waals surface area contributed by atoms with Crippen molar-refractivity contribution in [1.29, 1.82) is 0 Å². The Hall–Kier alpha value is -2.93. The number of hydrogen-bond acceptors (Lipinski definition) is 5. The van der Waals surface area contributed by atoms with E-state index in [4.69, 9.17) is 9.59 Å². The van der Waals surface area contributed by atoms with Crippen LogP contribution in [0.2, 0.25) is 0 Å². The fraction of sp³-hybridized carbons (Fsp3) is 0.464. The number of unbranched alkanes of at least 4 members (excludes halogenated alkanes) is 2. The lowest BCUT2D eigenvalue weighted by Gasteiger charge is -2.16. The highest BCUT2D eigenvalue weighted by atomic mass is 19.1. The number of anilines is 1. The molecule has 0 bridgehead atoms. The second kappa shape index (κ2) is 22.8. The largest absolute Gasteiger partial charge is 0.381 e. The first-order valence-corrected chi connectivity index (χ1v) is 12.1. The molecule has 0 aromatic heterocycles. The highest BCUT2D eigenvalue weighted by Gasteiger charge is 2.21. The van der Waals surface area contributed by atoms with E-state index in [1.807, 2.05) is 51.7 Å². The summed E-state index contributed by atoms with van der Waals surface area (Å²) in [5.41, 5.74) is 2.42. The highest BCUT2D eigenvalue weighted by Crippen LogP contribution is 2.24. The predicted molar refractivity (Wildman–Crippen MR) is 142 cm³/mol. The Labute approximate surface area is 209 Å². The molecule has 1 N–H and O–H groups in total. The maximum atomic E-state index is 13.3. The first kappa shape index (κ1) is 34.2. The topological polar surface area (TPSA) is 66.5 Å². The molecule has 1 aliphatic rings. The van der Waals surface area contributed by atoms with Crippen LogP contribution in [0.5, 0.6) is 0 Å². The molecule has 2 aromatic carbocycles. The van der Waals surface area contributed by atoms with Gasteiger partial charge in [0, 0.05) is 37.3 Å². The molecule has 1 heterocycles. The predicted octanol–water partition coefficient (Wildman–Crippen LogP) is 6.56. The van der Waals surface area contributed by atoms with Crippen molar-refractivity contribution in [2.45, 2.75) is 65.8 Å². The van der Waals surface area contributed by atoms with Crippen molar-refractivity contribution in [1.82, 2.24) is 4.90 Å². The number of aldehydes is 1. The maximum Gasteiger partial charge on any atom is 0.126 e. The number of carbonyl (C=O) groups excluding carboxylic acids is 3. The number of hydrogen-bond donors (Lipinski definition) is 1. The molecule has 1 saturated heterocycles. The Balaban J connectivity index is 0. The van der Waals surface area contributed by atoms with Crippen LogP contribution in [0.3, 0.4) is 0 Å². The van der Waals surface area contributed by atoms with E-state index in [0.717, 1.165) is 68.9 Å². The summed E-state index contributed by atoms with van der Waals surface area (Å²) in [6.45, 7) is 15.7. The summed E-state index contributed by atoms with van der Waals surface area (Å²) in [5, 5.41) is 3.54. The molecule has 0 amide bonds. The summed E-state index contributed by atoms with van der Waals surface area (Å²) >= 11 is 0. The van der Waals surface area contributed by atoms with E-state index < -0.39 is 11.6 Å². The Morgan fingerprint density at radius 2 is 1.51 bits per heavy atom. The smallest absolute Gasteiger partial charge is 0.126 e. The van der Waals surface area contributed by atoms with Gasteiger partial charge in [-0.15, -0.1) is 0 Å². The third-order valence-electron chi connectivity index (χ3n) is 4.94. The van der Waals surface area contributed by atoms with Crippen molar-refractivity contribution in [2.75, 3.05) is 25.0 Å². The Bertz CT molecular complexity index is 766. The lowest BCUT2D eigenvalue weighted by Crippen LogP contribution is -2.26. The Morgan fingerprint density at radius 3 is 1.97 bits per heavy atom. The second-order valence-electron chi connectivity index (χ2n) is 7.47. The number of nitrogens with one attached hydrogen (secondary N) is 1. The Kier molecular flexibility index (Phi) is 22.3. The minimum absolute atomic E-state index is 0.471. The van der Waals surface area contributed by atoms with Gasteiger partial charge < -0.3 is 24.6 Å². The molecule has 1 aliphatic heterocycles. The fourth-order valence-corrected chi connectivity index (χ4v) is 3.47. The highest BCUT2D eigenvalue weighted by molar-refractivity contribution is 5.66. The third kappa shape index (κ3) is 14.8. The summed E-state index contributed by atoms with van der Waals surface area (Å²) in [4.78, 5) is 28.0. The molecule has 0 aliphatic carbocycles. The molecular formula is C28H42F2N2O3. The summed E-state index contributed by atoms with van der Waals surface area (Å²) in [5.74, 6) is -1.10. The van der Waals surface area contributed by atoms with Crippen molar-refractivity contribution in [3.05, 3.63) is 54.1 Å². The fourth-order valence-electron chi connectivity index (χ4n) is 3.47. The monoisotopic (exact) mass is 492 g/mol. The van der Waals surface area contributed by atoms with Crippen LogP contribution in [0.4, 0.5) is 14.5 Å². The summed E-state index contributed by atoms with van der Waals surface area (Å²) in [6.07, 6.45) is 6.20. The van der Waals surface area contributed by atoms with E-state index >= 15 is 0 Å². The molecule has 0 radical (unpaired) electrons. The zero-order chi connectivity index (χ0) is 27.1. The van der Waals surface area contributed by atoms with Crippen LogP contribution in [-0.4, -0.2) is 50.4 Å². The van der Waals surface area contributed by atoms with Gasteiger partial charge in [0.05, 0.1) is 0 Å². The van der Waals surface area contributed by atoms with Gasteiger partial charge in [-0.3, -0.25) is 0 Å². The number of benzene rings is 2. The lowest BCUT2D eigenvalue weighted by atomic mass is 10.0. The quantitative estimate of drug-likeness (QED) is 0.334. The number of likely N-dealkylation sites (tertiary alicyclic amines) is 1. The number of carbonyl (C=O) groups is 3. The molecule has 0 spiro atoms. The Morgan fingerprint density at radius 1 is 0.943 bits per heavy atom. The standard InChI is InChI=1S/C19H22F2N2.C5H10O.C2H6.2CH2O/c1-2-8-23-9-7-19(13-23)22-18-5-3-14(4-6-18)15-10-16(20)12-17(21)11-15;1-2-3-4-5-6;3*1-2/h3-6,10-12,19,22H,2,7-9,13H2,1H3;5H,2-4H2,1H3;1-2H3;2*1H2. The molecule has 0 saturated carbocycles. The molecule has 5 nitrogen and oxygen atoms in total. The van der Waals surface area contributed by atoms with E-state index in [1.54, 1.807) is 0 Å². The van der Waals surface area contributed by atoms with E-state index in [1.165, 1.54) is 18.6 Å². The van der Waals surface area contributed by atoms with Crippen LogP contribution in [0.15, 0.2) is 42.5 Å². The normalized spacial score (nSPS) is 13.8. The zero-order valence-corrected chi connectivity index (χ0v) is 21.7. The molecule has 196 valence electrons. The molecule has 1 unspecified atom stereocenters. The van der Waals surface area contributed by atoms with Crippen LogP contribution < -0.4 is 5.32 Å².